The van der Waals surface area contributed by atoms with Gasteiger partial charge in [0.15, 0.2) is 0 Å². The van der Waals surface area contributed by atoms with E-state index in [0.717, 1.165) is 0 Å². The van der Waals surface area contributed by atoms with Crippen LogP contribution in [0.1, 0.15) is 37.7 Å². The number of benzene rings is 1. The minimum atomic E-state index is 0.449. The van der Waals surface area contributed by atoms with Gasteiger partial charge in [-0.2, -0.15) is 0 Å². The molecule has 3 rings (SSSR count). The molecule has 17 heavy (non-hydrogen) atoms. The van der Waals surface area contributed by atoms with Crippen molar-refractivity contribution in [1.29, 1.82) is 0 Å². The summed E-state index contributed by atoms with van der Waals surface area (Å²) in [6, 6.07) is 8.98. The molecule has 1 aromatic rings. The normalized spacial score (nSPS) is 22.6. The lowest BCUT2D eigenvalue weighted by atomic mass is 9.64. The molecule has 1 heteroatoms. The molecule has 0 atom stereocenters. The Morgan fingerprint density at radius 3 is 2.59 bits per heavy atom. The molecule has 0 amide bonds. The van der Waals surface area contributed by atoms with Crippen LogP contribution in [-0.4, -0.2) is 13.6 Å². The van der Waals surface area contributed by atoms with E-state index in [1.54, 1.807) is 5.56 Å². The number of rotatable bonds is 0. The summed E-state index contributed by atoms with van der Waals surface area (Å²) in [5, 5.41) is 0. The van der Waals surface area contributed by atoms with Gasteiger partial charge >= 0.3 is 0 Å². The van der Waals surface area contributed by atoms with Crippen LogP contribution in [0, 0.1) is 0 Å². The fourth-order valence-corrected chi connectivity index (χ4v) is 3.49. The van der Waals surface area contributed by atoms with Gasteiger partial charge in [0.25, 0.3) is 0 Å². The molecule has 1 saturated carbocycles. The smallest absolute Gasteiger partial charge is 0.0401 e. The van der Waals surface area contributed by atoms with E-state index in [-0.39, 0.29) is 0 Å². The Labute approximate surface area is 104 Å². The van der Waals surface area contributed by atoms with Gasteiger partial charge in [0.1, 0.15) is 0 Å². The Bertz CT molecular complexity index is 437. The summed E-state index contributed by atoms with van der Waals surface area (Å²) in [5.74, 6) is 0. The molecule has 1 aliphatic heterocycles. The molecule has 0 aromatic heterocycles. The number of fused-ring (bicyclic) bond motifs is 2. The van der Waals surface area contributed by atoms with E-state index in [2.05, 4.69) is 42.8 Å². The van der Waals surface area contributed by atoms with Gasteiger partial charge in [0.2, 0.25) is 0 Å². The lowest BCUT2D eigenvalue weighted by molar-refractivity contribution is 0.302. The Morgan fingerprint density at radius 1 is 1.12 bits per heavy atom. The van der Waals surface area contributed by atoms with Crippen molar-refractivity contribution >= 4 is 5.69 Å². The molecule has 0 saturated heterocycles. The van der Waals surface area contributed by atoms with Gasteiger partial charge in [-0.25, -0.2) is 0 Å². The number of para-hydroxylation sites is 1. The fraction of sp³-hybridized carbons (Fsp3) is 0.500. The molecule has 1 aliphatic carbocycles. The molecule has 0 radical (unpaired) electrons. The van der Waals surface area contributed by atoms with Gasteiger partial charge in [-0.15, -0.1) is 0 Å². The fourth-order valence-electron chi connectivity index (χ4n) is 3.49. The van der Waals surface area contributed by atoms with Crippen molar-refractivity contribution in [1.82, 2.24) is 0 Å². The first-order valence-electron chi connectivity index (χ1n) is 6.69. The van der Waals surface area contributed by atoms with Crippen LogP contribution in [0.5, 0.6) is 0 Å². The predicted molar refractivity (Wildman–Crippen MR) is 73.6 cm³/mol. The van der Waals surface area contributed by atoms with Crippen molar-refractivity contribution in [2.75, 3.05) is 18.5 Å². The molecule has 0 unspecified atom stereocenters. The highest BCUT2D eigenvalue weighted by Crippen LogP contribution is 2.49. The van der Waals surface area contributed by atoms with Crippen LogP contribution >= 0.6 is 0 Å². The van der Waals surface area contributed by atoms with E-state index in [0.29, 0.717) is 5.41 Å². The third-order valence-electron chi connectivity index (χ3n) is 4.73. The van der Waals surface area contributed by atoms with Crippen LogP contribution in [-0.2, 0) is 5.41 Å². The van der Waals surface area contributed by atoms with Crippen molar-refractivity contribution in [3.8, 4) is 0 Å². The molecule has 1 fully saturated rings. The van der Waals surface area contributed by atoms with Crippen molar-refractivity contribution in [2.24, 2.45) is 0 Å². The Kier molecular flexibility index (Phi) is 2.50. The minimum absolute atomic E-state index is 0.449. The van der Waals surface area contributed by atoms with Crippen molar-refractivity contribution < 1.29 is 0 Å². The third kappa shape index (κ3) is 1.69. The van der Waals surface area contributed by atoms with Crippen molar-refractivity contribution in [3.05, 3.63) is 42.0 Å². The first-order chi connectivity index (χ1) is 8.21. The zero-order valence-electron chi connectivity index (χ0n) is 10.7. The Hall–Kier alpha value is -1.24. The summed E-state index contributed by atoms with van der Waals surface area (Å²) in [6.07, 6.45) is 6.36. The van der Waals surface area contributed by atoms with Gasteiger partial charge in [-0.3, -0.25) is 0 Å². The number of anilines is 1. The Morgan fingerprint density at radius 2 is 1.82 bits per heavy atom. The molecule has 1 heterocycles. The number of allylic oxidation sites excluding steroid dienone is 1. The number of hydrogen-bond acceptors (Lipinski definition) is 1. The van der Waals surface area contributed by atoms with Crippen LogP contribution in [0.15, 0.2) is 36.4 Å². The van der Waals surface area contributed by atoms with Crippen molar-refractivity contribution in [3.63, 3.8) is 0 Å². The van der Waals surface area contributed by atoms with Crippen LogP contribution in [0.3, 0.4) is 0 Å². The van der Waals surface area contributed by atoms with Crippen LogP contribution in [0.4, 0.5) is 5.69 Å². The summed E-state index contributed by atoms with van der Waals surface area (Å²) in [7, 11) is 2.22. The second kappa shape index (κ2) is 3.90. The maximum absolute atomic E-state index is 4.15. The van der Waals surface area contributed by atoms with Gasteiger partial charge in [0, 0.05) is 19.3 Å². The molecular weight excluding hydrogens is 206 g/mol. The van der Waals surface area contributed by atoms with Crippen molar-refractivity contribution in [2.45, 2.75) is 37.5 Å². The second-order valence-corrected chi connectivity index (χ2v) is 5.72. The zero-order chi connectivity index (χ0) is 11.9. The average Bonchev–Trinajstić information content (AvgIpc) is 2.38. The van der Waals surface area contributed by atoms with Crippen LogP contribution < -0.4 is 4.90 Å². The van der Waals surface area contributed by atoms with Crippen LogP contribution in [0.2, 0.25) is 0 Å². The molecule has 1 spiro atoms. The van der Waals surface area contributed by atoms with E-state index in [4.69, 9.17) is 0 Å². The summed E-state index contributed by atoms with van der Waals surface area (Å²) < 4.78 is 0. The SMILES string of the molecule is C=C1CCC2(CC1)CCN(C)c1ccccc12. The first kappa shape index (κ1) is 10.9. The van der Waals surface area contributed by atoms with Gasteiger partial charge in [-0.05, 0) is 49.1 Å². The zero-order valence-corrected chi connectivity index (χ0v) is 10.7. The maximum atomic E-state index is 4.15. The molecule has 1 aromatic carbocycles. The van der Waals surface area contributed by atoms with Gasteiger partial charge < -0.3 is 4.90 Å². The van der Waals surface area contributed by atoms with E-state index < -0.39 is 0 Å². The molecular formula is C16H21N. The van der Waals surface area contributed by atoms with Gasteiger partial charge in [-0.1, -0.05) is 30.4 Å². The molecule has 0 N–H and O–H groups in total. The monoisotopic (exact) mass is 227 g/mol. The van der Waals surface area contributed by atoms with E-state index in [9.17, 15) is 0 Å². The minimum Gasteiger partial charge on any atom is -0.374 e. The summed E-state index contributed by atoms with van der Waals surface area (Å²) in [5.41, 5.74) is 4.93. The number of nitrogens with zero attached hydrogens (tertiary/aromatic N) is 1. The average molecular weight is 227 g/mol. The highest BCUT2D eigenvalue weighted by molar-refractivity contribution is 5.59. The van der Waals surface area contributed by atoms with Gasteiger partial charge in [0.05, 0.1) is 0 Å². The molecule has 2 aliphatic rings. The first-order valence-corrected chi connectivity index (χ1v) is 6.69. The third-order valence-corrected chi connectivity index (χ3v) is 4.73. The summed E-state index contributed by atoms with van der Waals surface area (Å²) in [4.78, 5) is 2.41. The molecule has 90 valence electrons. The van der Waals surface area contributed by atoms with E-state index >= 15 is 0 Å². The summed E-state index contributed by atoms with van der Waals surface area (Å²) >= 11 is 0. The molecule has 1 nitrogen and oxygen atoms in total. The lowest BCUT2D eigenvalue weighted by Gasteiger charge is -2.45. The highest BCUT2D eigenvalue weighted by Gasteiger charge is 2.39. The van der Waals surface area contributed by atoms with E-state index in [1.165, 1.54) is 49.9 Å². The maximum Gasteiger partial charge on any atom is 0.0401 e. The topological polar surface area (TPSA) is 3.24 Å². The van der Waals surface area contributed by atoms with E-state index in [1.807, 2.05) is 0 Å². The molecule has 0 bridgehead atoms. The summed E-state index contributed by atoms with van der Waals surface area (Å²) in [6.45, 7) is 5.35. The predicted octanol–water partition coefficient (Wildman–Crippen LogP) is 3.89. The largest absolute Gasteiger partial charge is 0.374 e. The highest BCUT2D eigenvalue weighted by atomic mass is 15.1. The second-order valence-electron chi connectivity index (χ2n) is 5.72. The Balaban J connectivity index is 2.03. The lowest BCUT2D eigenvalue weighted by Crippen LogP contribution is -2.40. The number of hydrogen-bond donors (Lipinski definition) is 0. The quantitative estimate of drug-likeness (QED) is 0.608. The van der Waals surface area contributed by atoms with Crippen LogP contribution in [0.25, 0.3) is 0 Å². The standard InChI is InChI=1S/C16H21N/c1-13-7-9-16(10-8-13)11-12-17(2)15-6-4-3-5-14(15)16/h3-6H,1,7-12H2,2H3.